The summed E-state index contributed by atoms with van der Waals surface area (Å²) < 4.78 is 5.28. The molecular formula is C18H20ClNO4. The zero-order valence-electron chi connectivity index (χ0n) is 14.0. The predicted octanol–water partition coefficient (Wildman–Crippen LogP) is 3.77. The molecule has 128 valence electrons. The number of benzene rings is 1. The van der Waals surface area contributed by atoms with Gasteiger partial charge in [-0.3, -0.25) is 4.79 Å². The lowest BCUT2D eigenvalue weighted by atomic mass is 10.1. The van der Waals surface area contributed by atoms with Crippen LogP contribution in [0.25, 0.3) is 0 Å². The van der Waals surface area contributed by atoms with Gasteiger partial charge in [-0.05, 0) is 57.5 Å². The van der Waals surface area contributed by atoms with Gasteiger partial charge in [-0.2, -0.15) is 0 Å². The highest BCUT2D eigenvalue weighted by Crippen LogP contribution is 2.25. The van der Waals surface area contributed by atoms with Crippen molar-refractivity contribution in [2.45, 2.75) is 39.9 Å². The number of carbonyl (C=O) groups excluding carboxylic acids is 2. The molecule has 0 saturated carbocycles. The van der Waals surface area contributed by atoms with E-state index in [1.54, 1.807) is 45.0 Å². The van der Waals surface area contributed by atoms with Crippen LogP contribution in [0.1, 0.15) is 57.6 Å². The van der Waals surface area contributed by atoms with Gasteiger partial charge in [-0.15, -0.1) is 0 Å². The Kier molecular flexibility index (Phi) is 5.47. The third-order valence-electron chi connectivity index (χ3n) is 3.90. The van der Waals surface area contributed by atoms with Crippen molar-refractivity contribution in [2.24, 2.45) is 0 Å². The van der Waals surface area contributed by atoms with E-state index >= 15 is 0 Å². The number of carbonyl (C=O) groups is 2. The topological polar surface area (TPSA) is 79.4 Å². The van der Waals surface area contributed by atoms with Crippen molar-refractivity contribution in [1.29, 1.82) is 0 Å². The summed E-state index contributed by atoms with van der Waals surface area (Å²) in [6.07, 6.45) is -1.63. The van der Waals surface area contributed by atoms with E-state index in [0.717, 1.165) is 0 Å². The van der Waals surface area contributed by atoms with Crippen molar-refractivity contribution in [3.63, 3.8) is 0 Å². The quantitative estimate of drug-likeness (QED) is 0.636. The number of hydrogen-bond donors (Lipinski definition) is 2. The van der Waals surface area contributed by atoms with E-state index < -0.39 is 18.2 Å². The molecule has 0 fully saturated rings. The third-order valence-corrected chi connectivity index (χ3v) is 4.15. The number of aromatic amines is 1. The van der Waals surface area contributed by atoms with Gasteiger partial charge in [0.1, 0.15) is 5.69 Å². The first-order valence-corrected chi connectivity index (χ1v) is 7.98. The molecule has 24 heavy (non-hydrogen) atoms. The van der Waals surface area contributed by atoms with Crippen LogP contribution in [0.4, 0.5) is 0 Å². The molecule has 2 N–H and O–H groups in total. The lowest BCUT2D eigenvalue weighted by Crippen LogP contribution is -2.25. The Morgan fingerprint density at radius 3 is 2.25 bits per heavy atom. The van der Waals surface area contributed by atoms with E-state index in [-0.39, 0.29) is 11.5 Å². The number of aryl methyl sites for hydroxylation is 1. The van der Waals surface area contributed by atoms with Crippen molar-refractivity contribution >= 4 is 23.4 Å². The molecule has 0 saturated heterocycles. The second-order valence-electron chi connectivity index (χ2n) is 5.76. The van der Waals surface area contributed by atoms with Gasteiger partial charge in [0.2, 0.25) is 5.78 Å². The number of H-pyrrole nitrogens is 1. The molecule has 1 heterocycles. The highest BCUT2D eigenvalue weighted by Gasteiger charge is 2.25. The maximum Gasteiger partial charge on any atom is 0.355 e. The van der Waals surface area contributed by atoms with Crippen LogP contribution in [0.15, 0.2) is 24.3 Å². The Morgan fingerprint density at radius 2 is 1.75 bits per heavy atom. The van der Waals surface area contributed by atoms with Gasteiger partial charge in [0.25, 0.3) is 0 Å². The molecule has 1 aromatic heterocycles. The molecule has 0 amide bonds. The lowest BCUT2D eigenvalue weighted by Gasteiger charge is -2.12. The first-order chi connectivity index (χ1) is 11.2. The Balaban J connectivity index is 2.16. The van der Waals surface area contributed by atoms with Gasteiger partial charge in [0.15, 0.2) is 6.10 Å². The maximum absolute atomic E-state index is 12.3. The van der Waals surface area contributed by atoms with Gasteiger partial charge in [-0.1, -0.05) is 11.6 Å². The number of Topliss-reactive ketones (excluding diaryl/α,β-unsaturated/α-hetero) is 1. The summed E-state index contributed by atoms with van der Waals surface area (Å²) in [4.78, 5) is 27.6. The largest absolute Gasteiger partial charge is 0.450 e. The minimum absolute atomic E-state index is 0.249. The molecule has 2 atom stereocenters. The normalized spacial score (nSPS) is 13.4. The highest BCUT2D eigenvalue weighted by molar-refractivity contribution is 6.30. The van der Waals surface area contributed by atoms with E-state index in [2.05, 4.69) is 4.98 Å². The molecule has 0 unspecified atom stereocenters. The smallest absolute Gasteiger partial charge is 0.355 e. The fourth-order valence-electron chi connectivity index (χ4n) is 2.72. The number of hydrogen-bond acceptors (Lipinski definition) is 4. The molecule has 0 radical (unpaired) electrons. The molecule has 0 aliphatic rings. The molecule has 2 aromatic rings. The second-order valence-corrected chi connectivity index (χ2v) is 6.19. The molecule has 6 heteroatoms. The van der Waals surface area contributed by atoms with Crippen LogP contribution in [-0.4, -0.2) is 27.9 Å². The van der Waals surface area contributed by atoms with Crippen molar-refractivity contribution in [1.82, 2.24) is 4.98 Å². The van der Waals surface area contributed by atoms with Crippen molar-refractivity contribution in [3.8, 4) is 0 Å². The van der Waals surface area contributed by atoms with Crippen LogP contribution in [0, 0.1) is 13.8 Å². The van der Waals surface area contributed by atoms with Crippen molar-refractivity contribution < 1.29 is 19.4 Å². The van der Waals surface area contributed by atoms with Crippen LogP contribution in [-0.2, 0) is 4.74 Å². The van der Waals surface area contributed by atoms with Gasteiger partial charge in [-0.25, -0.2) is 4.79 Å². The average Bonchev–Trinajstić information content (AvgIpc) is 2.82. The van der Waals surface area contributed by atoms with Crippen LogP contribution >= 0.6 is 11.6 Å². The average molecular weight is 350 g/mol. The Morgan fingerprint density at radius 1 is 1.17 bits per heavy atom. The molecule has 1 aromatic carbocycles. The van der Waals surface area contributed by atoms with E-state index in [0.29, 0.717) is 27.4 Å². The van der Waals surface area contributed by atoms with Crippen LogP contribution in [0.3, 0.4) is 0 Å². The van der Waals surface area contributed by atoms with Gasteiger partial charge >= 0.3 is 5.97 Å². The zero-order chi connectivity index (χ0) is 18.0. The van der Waals surface area contributed by atoms with E-state index in [1.807, 2.05) is 0 Å². The maximum atomic E-state index is 12.3. The fraction of sp³-hybridized carbons (Fsp3) is 0.333. The van der Waals surface area contributed by atoms with E-state index in [9.17, 15) is 14.7 Å². The minimum atomic E-state index is -0.934. The molecule has 0 aliphatic heterocycles. The molecule has 0 aliphatic carbocycles. The third kappa shape index (κ3) is 3.68. The van der Waals surface area contributed by atoms with Crippen LogP contribution in [0.2, 0.25) is 5.02 Å². The Labute approximate surface area is 145 Å². The monoisotopic (exact) mass is 349 g/mol. The van der Waals surface area contributed by atoms with E-state index in [4.69, 9.17) is 16.3 Å². The summed E-state index contributed by atoms with van der Waals surface area (Å²) in [7, 11) is 0. The Bertz CT molecular complexity index is 762. The summed E-state index contributed by atoms with van der Waals surface area (Å²) in [5, 5.41) is 10.3. The van der Waals surface area contributed by atoms with Crippen LogP contribution < -0.4 is 0 Å². The summed E-state index contributed by atoms with van der Waals surface area (Å²) in [5.74, 6) is -0.936. The molecular weight excluding hydrogens is 330 g/mol. The zero-order valence-corrected chi connectivity index (χ0v) is 14.8. The number of aromatic nitrogens is 1. The first-order valence-electron chi connectivity index (χ1n) is 7.60. The molecule has 0 bridgehead atoms. The number of ether oxygens (including phenoxy) is 1. The summed E-state index contributed by atoms with van der Waals surface area (Å²) in [5.41, 5.74) is 2.66. The summed E-state index contributed by atoms with van der Waals surface area (Å²) in [6.45, 7) is 6.66. The number of esters is 1. The summed E-state index contributed by atoms with van der Waals surface area (Å²) in [6, 6.07) is 6.39. The van der Waals surface area contributed by atoms with Crippen molar-refractivity contribution in [3.05, 3.63) is 57.4 Å². The highest BCUT2D eigenvalue weighted by atomic mass is 35.5. The molecule has 5 nitrogen and oxygen atoms in total. The van der Waals surface area contributed by atoms with Crippen LogP contribution in [0.5, 0.6) is 0 Å². The standard InChI is InChI=1S/C18H20ClNO4/c1-9-15(11(3)21)10(2)20-16(9)18(23)24-12(4)17(22)13-5-7-14(19)8-6-13/h5-8,11-12,20-21H,1-4H3/t11-,12-/m1/s1. The lowest BCUT2D eigenvalue weighted by molar-refractivity contribution is 0.0313. The fourth-order valence-corrected chi connectivity index (χ4v) is 2.84. The number of ketones is 1. The number of aliphatic hydroxyl groups excluding tert-OH is 1. The SMILES string of the molecule is Cc1[nH]c(C(=O)O[C@H](C)C(=O)c2ccc(Cl)cc2)c(C)c1[C@@H](C)O. The minimum Gasteiger partial charge on any atom is -0.450 e. The first kappa shape index (κ1) is 18.2. The second kappa shape index (κ2) is 7.20. The van der Waals surface area contributed by atoms with Gasteiger partial charge < -0.3 is 14.8 Å². The van der Waals surface area contributed by atoms with Gasteiger partial charge in [0.05, 0.1) is 6.10 Å². The predicted molar refractivity (Wildman–Crippen MR) is 91.6 cm³/mol. The molecule has 0 spiro atoms. The Hall–Kier alpha value is -2.11. The number of nitrogens with one attached hydrogen (secondary N) is 1. The van der Waals surface area contributed by atoms with E-state index in [1.165, 1.54) is 6.92 Å². The number of rotatable bonds is 5. The molecule has 2 rings (SSSR count). The van der Waals surface area contributed by atoms with Gasteiger partial charge in [0, 0.05) is 21.8 Å². The summed E-state index contributed by atoms with van der Waals surface area (Å²) >= 11 is 5.80. The number of aliphatic hydroxyl groups is 1. The number of halogens is 1. The van der Waals surface area contributed by atoms with Crippen molar-refractivity contribution in [2.75, 3.05) is 0 Å².